The number of carbonyl (C=O) groups excluding carboxylic acids is 1. The van der Waals surface area contributed by atoms with Gasteiger partial charge in [-0.25, -0.2) is 4.79 Å². The lowest BCUT2D eigenvalue weighted by Gasteiger charge is -2.42. The fourth-order valence-corrected chi connectivity index (χ4v) is 6.01. The average molecular weight is 741 g/mol. The normalized spacial score (nSPS) is 29.0. The second kappa shape index (κ2) is 15.5. The molecule has 3 heterocycles. The predicted octanol–water partition coefficient (Wildman–Crippen LogP) is -0.465. The number of phenols is 3. The molecule has 3 aromatic carbocycles. The number of esters is 1. The first kappa shape index (κ1) is 37.7. The third-order valence-corrected chi connectivity index (χ3v) is 8.93. The van der Waals surface area contributed by atoms with Gasteiger partial charge in [0.15, 0.2) is 5.43 Å². The molecule has 2 fully saturated rings. The Balaban J connectivity index is 1.35. The van der Waals surface area contributed by atoms with Gasteiger partial charge in [0, 0.05) is 23.8 Å². The largest absolute Gasteiger partial charge is 0.508 e. The molecular weight excluding hydrogens is 704 g/mol. The van der Waals surface area contributed by atoms with E-state index in [-0.39, 0.29) is 22.8 Å². The summed E-state index contributed by atoms with van der Waals surface area (Å²) < 4.78 is 28.4. The van der Waals surface area contributed by atoms with E-state index in [2.05, 4.69) is 0 Å². The summed E-state index contributed by atoms with van der Waals surface area (Å²) in [5.74, 6) is -2.33. The minimum atomic E-state index is -2.00. The number of phenolic OH excluding ortho intramolecular Hbond substituents is 3. The van der Waals surface area contributed by atoms with E-state index in [9.17, 15) is 60.7 Å². The zero-order valence-electron chi connectivity index (χ0n) is 27.4. The number of carbonyl (C=O) groups is 1. The van der Waals surface area contributed by atoms with E-state index in [4.69, 9.17) is 23.4 Å². The lowest BCUT2D eigenvalue weighted by atomic mass is 9.89. The topological polar surface area (TPSA) is 286 Å². The van der Waals surface area contributed by atoms with Crippen molar-refractivity contribution in [1.82, 2.24) is 0 Å². The van der Waals surface area contributed by atoms with Crippen LogP contribution >= 0.6 is 0 Å². The Morgan fingerprint density at radius 1 is 0.755 bits per heavy atom. The number of ether oxygens (including phenoxy) is 4. The van der Waals surface area contributed by atoms with E-state index < -0.39 is 108 Å². The summed E-state index contributed by atoms with van der Waals surface area (Å²) >= 11 is 0. The first-order valence-electron chi connectivity index (χ1n) is 16.2. The van der Waals surface area contributed by atoms with E-state index in [1.165, 1.54) is 54.6 Å². The van der Waals surface area contributed by atoms with Crippen LogP contribution in [0.5, 0.6) is 23.0 Å². The second-order valence-electron chi connectivity index (χ2n) is 12.5. The Morgan fingerprint density at radius 3 is 2.04 bits per heavy atom. The molecule has 282 valence electrons. The third kappa shape index (κ3) is 7.70. The average Bonchev–Trinajstić information content (AvgIpc) is 3.14. The molecular formula is C36H36O17. The van der Waals surface area contributed by atoms with Gasteiger partial charge in [0.1, 0.15) is 101 Å². The van der Waals surface area contributed by atoms with Crippen LogP contribution in [0.1, 0.15) is 17.2 Å². The van der Waals surface area contributed by atoms with Crippen molar-refractivity contribution in [3.05, 3.63) is 88.1 Å². The highest BCUT2D eigenvalue weighted by Crippen LogP contribution is 2.46. The maximum Gasteiger partial charge on any atom is 0.330 e. The molecule has 0 saturated carbocycles. The Kier molecular flexibility index (Phi) is 11.0. The van der Waals surface area contributed by atoms with Crippen LogP contribution < -0.4 is 10.2 Å². The highest BCUT2D eigenvalue weighted by atomic mass is 16.7. The van der Waals surface area contributed by atoms with Crippen molar-refractivity contribution >= 4 is 23.0 Å². The number of aliphatic hydroxyl groups excluding tert-OH is 7. The summed E-state index contributed by atoms with van der Waals surface area (Å²) in [4.78, 5) is 25.9. The molecule has 0 amide bonds. The number of rotatable bonds is 9. The van der Waals surface area contributed by atoms with Gasteiger partial charge in [0.25, 0.3) is 0 Å². The minimum Gasteiger partial charge on any atom is -0.508 e. The highest BCUT2D eigenvalue weighted by Gasteiger charge is 2.49. The summed E-state index contributed by atoms with van der Waals surface area (Å²) in [5.41, 5.74) is -0.713. The van der Waals surface area contributed by atoms with Crippen LogP contribution in [0.25, 0.3) is 28.4 Å². The molecule has 2 saturated heterocycles. The first-order valence-corrected chi connectivity index (χ1v) is 16.2. The monoisotopic (exact) mass is 740 g/mol. The summed E-state index contributed by atoms with van der Waals surface area (Å²) in [6.45, 7) is -1.50. The molecule has 0 spiro atoms. The van der Waals surface area contributed by atoms with Gasteiger partial charge >= 0.3 is 5.97 Å². The van der Waals surface area contributed by atoms with E-state index in [1.807, 2.05) is 0 Å². The van der Waals surface area contributed by atoms with Crippen molar-refractivity contribution in [2.75, 3.05) is 13.2 Å². The maximum absolute atomic E-state index is 13.4. The standard InChI is InChI=1S/C36H36O17/c37-13-23-28(42)31(45)33(47)35(51-23)27-22(12-21-26(30(27)44)19(40)11-20(50-21)16-4-8-18(39)9-5-16)52-36-34(48)32(46)29(43)24(53-36)14-49-25(41)10-3-15-1-6-17(38)7-2-15/h1-12,23-24,28-29,31-39,42-48H,13-14H2/b10-3+/t23?,24?,28-,29-,31+,32+,33?,34?,35+,36-/m1/s1. The van der Waals surface area contributed by atoms with E-state index in [1.54, 1.807) is 0 Å². The minimum absolute atomic E-state index is 0.0118. The van der Waals surface area contributed by atoms with Crippen molar-refractivity contribution in [3.63, 3.8) is 0 Å². The molecule has 4 unspecified atom stereocenters. The van der Waals surface area contributed by atoms with Gasteiger partial charge < -0.3 is 74.4 Å². The molecule has 10 atom stereocenters. The van der Waals surface area contributed by atoms with E-state index in [0.717, 1.165) is 18.2 Å². The molecule has 1 aromatic heterocycles. The maximum atomic E-state index is 13.4. The van der Waals surface area contributed by atoms with Gasteiger partial charge in [-0.2, -0.15) is 0 Å². The summed E-state index contributed by atoms with van der Waals surface area (Å²) in [6.07, 6.45) is -15.7. The molecule has 17 heteroatoms. The molecule has 17 nitrogen and oxygen atoms in total. The lowest BCUT2D eigenvalue weighted by Crippen LogP contribution is -2.60. The van der Waals surface area contributed by atoms with Crippen molar-refractivity contribution in [3.8, 4) is 34.3 Å². The van der Waals surface area contributed by atoms with Crippen LogP contribution in [0.4, 0.5) is 0 Å². The van der Waals surface area contributed by atoms with Crippen LogP contribution in [0.2, 0.25) is 0 Å². The molecule has 0 radical (unpaired) electrons. The van der Waals surface area contributed by atoms with Gasteiger partial charge in [0.2, 0.25) is 6.29 Å². The molecule has 0 bridgehead atoms. The molecule has 0 aliphatic carbocycles. The van der Waals surface area contributed by atoms with Gasteiger partial charge in [-0.05, 0) is 48.0 Å². The molecule has 53 heavy (non-hydrogen) atoms. The van der Waals surface area contributed by atoms with Crippen LogP contribution in [0.15, 0.2) is 76.0 Å². The molecule has 2 aliphatic rings. The van der Waals surface area contributed by atoms with Gasteiger partial charge in [0.05, 0.1) is 12.2 Å². The smallest absolute Gasteiger partial charge is 0.330 e. The van der Waals surface area contributed by atoms with Gasteiger partial charge in [-0.15, -0.1) is 0 Å². The van der Waals surface area contributed by atoms with Crippen LogP contribution in [0, 0.1) is 0 Å². The van der Waals surface area contributed by atoms with Gasteiger partial charge in [-0.1, -0.05) is 12.1 Å². The lowest BCUT2D eigenvalue weighted by molar-refractivity contribution is -0.279. The van der Waals surface area contributed by atoms with Crippen molar-refractivity contribution < 1.29 is 79.2 Å². The highest BCUT2D eigenvalue weighted by molar-refractivity contribution is 5.88. The number of aromatic hydroxyl groups is 3. The van der Waals surface area contributed by atoms with E-state index >= 15 is 0 Å². The Hall–Kier alpha value is -5.08. The van der Waals surface area contributed by atoms with Crippen molar-refractivity contribution in [2.24, 2.45) is 0 Å². The fraction of sp³-hybridized carbons (Fsp3) is 0.333. The number of hydrogen-bond acceptors (Lipinski definition) is 17. The van der Waals surface area contributed by atoms with Crippen molar-refractivity contribution in [1.29, 1.82) is 0 Å². The zero-order chi connectivity index (χ0) is 38.1. The Bertz CT molecular complexity index is 2010. The zero-order valence-corrected chi connectivity index (χ0v) is 27.4. The van der Waals surface area contributed by atoms with Crippen molar-refractivity contribution in [2.45, 2.75) is 61.2 Å². The number of hydrogen-bond donors (Lipinski definition) is 10. The molecule has 2 aliphatic heterocycles. The van der Waals surface area contributed by atoms with E-state index in [0.29, 0.717) is 11.1 Å². The number of benzene rings is 3. The number of aliphatic hydroxyl groups is 7. The van der Waals surface area contributed by atoms with Crippen LogP contribution in [-0.2, 0) is 19.0 Å². The summed E-state index contributed by atoms with van der Waals surface area (Å²) in [6, 6.07) is 13.6. The SMILES string of the molecule is O=C(/C=C/c1ccc(O)cc1)OCC1O[C@@H](Oc2cc3oc(-c4ccc(O)cc4)cc(=O)c3c(O)c2[C@@H]2OC(CO)[C@@H](O)[C@H](O)C2O)C(O)[C@@H](O)[C@@H]1O. The van der Waals surface area contributed by atoms with Crippen LogP contribution in [0.3, 0.4) is 0 Å². The molecule has 4 aromatic rings. The number of fused-ring (bicyclic) bond motifs is 1. The Labute approximate surface area is 299 Å². The fourth-order valence-electron chi connectivity index (χ4n) is 6.01. The van der Waals surface area contributed by atoms with Crippen LogP contribution in [-0.4, -0.2) is 125 Å². The molecule has 6 rings (SSSR count). The third-order valence-electron chi connectivity index (χ3n) is 8.93. The Morgan fingerprint density at radius 2 is 1.38 bits per heavy atom. The first-order chi connectivity index (χ1) is 25.3. The second-order valence-corrected chi connectivity index (χ2v) is 12.5. The summed E-state index contributed by atoms with van der Waals surface area (Å²) in [5, 5.41) is 104. The summed E-state index contributed by atoms with van der Waals surface area (Å²) in [7, 11) is 0. The van der Waals surface area contributed by atoms with Gasteiger partial charge in [-0.3, -0.25) is 4.79 Å². The molecule has 10 N–H and O–H groups in total. The predicted molar refractivity (Wildman–Crippen MR) is 179 cm³/mol. The quantitative estimate of drug-likeness (QED) is 0.0767.